The van der Waals surface area contributed by atoms with Gasteiger partial charge < -0.3 is 0 Å². The Morgan fingerprint density at radius 1 is 1.19 bits per heavy atom. The van der Waals surface area contributed by atoms with Crippen molar-refractivity contribution in [3.63, 3.8) is 0 Å². The summed E-state index contributed by atoms with van der Waals surface area (Å²) in [6.45, 7) is 2.14. The average Bonchev–Trinajstić information content (AvgIpc) is 2.51. The smallest absolute Gasteiger partial charge is 0.141 e. The molecule has 2 unspecified atom stereocenters. The van der Waals surface area contributed by atoms with Crippen molar-refractivity contribution < 1.29 is 4.39 Å². The fourth-order valence-electron chi connectivity index (χ4n) is 2.69. The van der Waals surface area contributed by atoms with Crippen LogP contribution < -0.4 is 11.3 Å². The second kappa shape index (κ2) is 7.55. The minimum atomic E-state index is -0.396. The van der Waals surface area contributed by atoms with Crippen molar-refractivity contribution in [1.82, 2.24) is 5.43 Å². The van der Waals surface area contributed by atoms with Gasteiger partial charge in [0.1, 0.15) is 5.82 Å². The molecule has 2 nitrogen and oxygen atoms in total. The summed E-state index contributed by atoms with van der Waals surface area (Å²) in [7, 11) is 0. The van der Waals surface area contributed by atoms with Gasteiger partial charge in [0.2, 0.25) is 0 Å². The van der Waals surface area contributed by atoms with E-state index >= 15 is 0 Å². The Labute approximate surface area is 130 Å². The summed E-state index contributed by atoms with van der Waals surface area (Å²) < 4.78 is 13.2. The van der Waals surface area contributed by atoms with E-state index in [1.54, 1.807) is 12.1 Å². The molecule has 2 aromatic rings. The Hall–Kier alpha value is -1.42. The highest BCUT2D eigenvalue weighted by Crippen LogP contribution is 2.26. The third kappa shape index (κ3) is 4.03. The Morgan fingerprint density at radius 3 is 2.48 bits per heavy atom. The molecule has 0 fully saturated rings. The summed E-state index contributed by atoms with van der Waals surface area (Å²) in [4.78, 5) is 0. The van der Waals surface area contributed by atoms with Crippen molar-refractivity contribution in [1.29, 1.82) is 0 Å². The Balaban J connectivity index is 2.19. The van der Waals surface area contributed by atoms with E-state index in [4.69, 9.17) is 17.4 Å². The molecule has 0 heterocycles. The minimum absolute atomic E-state index is 0.0685. The van der Waals surface area contributed by atoms with Crippen LogP contribution in [0.2, 0.25) is 5.02 Å². The highest BCUT2D eigenvalue weighted by atomic mass is 35.5. The highest BCUT2D eigenvalue weighted by molar-refractivity contribution is 6.30. The number of nitrogens with one attached hydrogen (secondary N) is 1. The molecule has 0 aromatic heterocycles. The first-order valence-corrected chi connectivity index (χ1v) is 7.48. The Morgan fingerprint density at radius 2 is 1.90 bits per heavy atom. The van der Waals surface area contributed by atoms with Gasteiger partial charge in [-0.15, -0.1) is 0 Å². The molecule has 2 atom stereocenters. The lowest BCUT2D eigenvalue weighted by molar-refractivity contribution is 0.427. The molecule has 0 aliphatic carbocycles. The summed E-state index contributed by atoms with van der Waals surface area (Å²) in [5.41, 5.74) is 5.11. The molecule has 0 amide bonds. The van der Waals surface area contributed by atoms with E-state index in [1.165, 1.54) is 11.6 Å². The lowest BCUT2D eigenvalue weighted by atomic mass is 9.86. The van der Waals surface area contributed by atoms with Gasteiger partial charge in [0, 0.05) is 12.0 Å². The lowest BCUT2D eigenvalue weighted by Gasteiger charge is -2.26. The fraction of sp³-hybridized carbons (Fsp3) is 0.294. The van der Waals surface area contributed by atoms with Crippen molar-refractivity contribution in [3.05, 3.63) is 70.5 Å². The molecule has 0 spiro atoms. The van der Waals surface area contributed by atoms with Gasteiger partial charge in [-0.25, -0.2) is 4.39 Å². The van der Waals surface area contributed by atoms with Crippen molar-refractivity contribution in [2.45, 2.75) is 31.7 Å². The minimum Gasteiger partial charge on any atom is -0.271 e. The third-order valence-electron chi connectivity index (χ3n) is 3.81. The predicted octanol–water partition coefficient (Wildman–Crippen LogP) is 4.05. The van der Waals surface area contributed by atoms with Gasteiger partial charge in [-0.3, -0.25) is 11.3 Å². The molecule has 3 N–H and O–H groups in total. The summed E-state index contributed by atoms with van der Waals surface area (Å²) in [5.74, 6) is 5.64. The number of benzene rings is 2. The van der Waals surface area contributed by atoms with Crippen LogP contribution in [-0.2, 0) is 6.42 Å². The standard InChI is InChI=1S/C17H20ClFN2/c1-2-14(13-6-4-3-5-7-13)17(21-20)11-12-8-9-16(19)15(18)10-12/h3-10,14,17,21H,2,11,20H2,1H3. The molecule has 2 rings (SSSR count). The molecule has 2 aromatic carbocycles. The van der Waals surface area contributed by atoms with Gasteiger partial charge in [0.25, 0.3) is 0 Å². The number of hydrogen-bond acceptors (Lipinski definition) is 2. The zero-order valence-corrected chi connectivity index (χ0v) is 12.8. The SMILES string of the molecule is CCC(c1ccccc1)C(Cc1ccc(F)c(Cl)c1)NN. The van der Waals surface area contributed by atoms with Gasteiger partial charge >= 0.3 is 0 Å². The van der Waals surface area contributed by atoms with Crippen LogP contribution in [0.4, 0.5) is 4.39 Å². The van der Waals surface area contributed by atoms with E-state index in [0.717, 1.165) is 12.0 Å². The summed E-state index contributed by atoms with van der Waals surface area (Å²) >= 11 is 5.84. The number of hydrazine groups is 1. The van der Waals surface area contributed by atoms with Crippen molar-refractivity contribution in [3.8, 4) is 0 Å². The quantitative estimate of drug-likeness (QED) is 0.624. The third-order valence-corrected chi connectivity index (χ3v) is 4.10. The highest BCUT2D eigenvalue weighted by Gasteiger charge is 2.21. The first kappa shape index (κ1) is 16.0. The monoisotopic (exact) mass is 306 g/mol. The van der Waals surface area contributed by atoms with Crippen LogP contribution in [0.1, 0.15) is 30.4 Å². The zero-order valence-electron chi connectivity index (χ0n) is 12.0. The number of halogens is 2. The van der Waals surface area contributed by atoms with Crippen LogP contribution in [0.5, 0.6) is 0 Å². The molecule has 0 radical (unpaired) electrons. The normalized spacial score (nSPS) is 13.9. The maximum absolute atomic E-state index is 13.2. The summed E-state index contributed by atoms with van der Waals surface area (Å²) in [6.07, 6.45) is 1.66. The van der Waals surface area contributed by atoms with Crippen LogP contribution >= 0.6 is 11.6 Å². The molecule has 0 saturated carbocycles. The first-order valence-electron chi connectivity index (χ1n) is 7.10. The van der Waals surface area contributed by atoms with Crippen LogP contribution in [0.25, 0.3) is 0 Å². The molecule has 0 aliphatic rings. The van der Waals surface area contributed by atoms with E-state index in [-0.39, 0.29) is 11.1 Å². The predicted molar refractivity (Wildman–Crippen MR) is 85.7 cm³/mol. The zero-order chi connectivity index (χ0) is 15.2. The number of nitrogens with two attached hydrogens (primary N) is 1. The van der Waals surface area contributed by atoms with Crippen molar-refractivity contribution in [2.24, 2.45) is 5.84 Å². The molecule has 112 valence electrons. The van der Waals surface area contributed by atoms with Gasteiger partial charge in [-0.05, 0) is 36.1 Å². The largest absolute Gasteiger partial charge is 0.271 e. The maximum atomic E-state index is 13.2. The first-order chi connectivity index (χ1) is 10.2. The van der Waals surface area contributed by atoms with Crippen molar-refractivity contribution in [2.75, 3.05) is 0 Å². The number of hydrogen-bond donors (Lipinski definition) is 2. The van der Waals surface area contributed by atoms with Gasteiger partial charge in [0.15, 0.2) is 0 Å². The van der Waals surface area contributed by atoms with Gasteiger partial charge in [-0.1, -0.05) is 54.9 Å². The molecule has 0 saturated heterocycles. The van der Waals surface area contributed by atoms with Gasteiger partial charge in [-0.2, -0.15) is 0 Å². The van der Waals surface area contributed by atoms with Crippen molar-refractivity contribution >= 4 is 11.6 Å². The van der Waals surface area contributed by atoms with E-state index in [1.807, 2.05) is 18.2 Å². The topological polar surface area (TPSA) is 38.0 Å². The van der Waals surface area contributed by atoms with Crippen LogP contribution in [0.3, 0.4) is 0 Å². The second-order valence-corrected chi connectivity index (χ2v) is 5.56. The fourth-order valence-corrected chi connectivity index (χ4v) is 2.89. The number of rotatable bonds is 6. The summed E-state index contributed by atoms with van der Waals surface area (Å²) in [5, 5.41) is 0.149. The molecule has 0 bridgehead atoms. The summed E-state index contributed by atoms with van der Waals surface area (Å²) in [6, 6.07) is 15.2. The van der Waals surface area contributed by atoms with Crippen LogP contribution in [0.15, 0.2) is 48.5 Å². The van der Waals surface area contributed by atoms with Crippen LogP contribution in [-0.4, -0.2) is 6.04 Å². The second-order valence-electron chi connectivity index (χ2n) is 5.15. The van der Waals surface area contributed by atoms with E-state index in [2.05, 4.69) is 24.5 Å². The van der Waals surface area contributed by atoms with E-state index < -0.39 is 5.82 Å². The molecule has 0 aliphatic heterocycles. The molecule has 21 heavy (non-hydrogen) atoms. The van der Waals surface area contributed by atoms with Crippen LogP contribution in [0, 0.1) is 5.82 Å². The lowest BCUT2D eigenvalue weighted by Crippen LogP contribution is -2.41. The average molecular weight is 307 g/mol. The molecular weight excluding hydrogens is 287 g/mol. The Bertz CT molecular complexity index is 574. The molecule has 4 heteroatoms. The van der Waals surface area contributed by atoms with E-state index in [9.17, 15) is 4.39 Å². The molecular formula is C17H20ClFN2. The Kier molecular flexibility index (Phi) is 5.74. The maximum Gasteiger partial charge on any atom is 0.141 e. The van der Waals surface area contributed by atoms with E-state index in [0.29, 0.717) is 12.3 Å². The van der Waals surface area contributed by atoms with Gasteiger partial charge in [0.05, 0.1) is 5.02 Å².